The van der Waals surface area contributed by atoms with Crippen molar-refractivity contribution >= 4 is 33.3 Å². The molecule has 0 saturated carbocycles. The second-order valence-electron chi connectivity index (χ2n) is 5.18. The molecular weight excluding hydrogens is 270 g/mol. The highest BCUT2D eigenvalue weighted by molar-refractivity contribution is 7.19. The summed E-state index contributed by atoms with van der Waals surface area (Å²) < 4.78 is 0. The lowest BCUT2D eigenvalue weighted by atomic mass is 10.2. The van der Waals surface area contributed by atoms with Gasteiger partial charge in [-0.15, -0.1) is 11.3 Å². The summed E-state index contributed by atoms with van der Waals surface area (Å²) in [5.41, 5.74) is 7.43. The summed E-state index contributed by atoms with van der Waals surface area (Å²) in [5, 5.41) is 4.44. The fourth-order valence-electron chi connectivity index (χ4n) is 2.73. The number of nitrogens with one attached hydrogen (secondary N) is 1. The highest BCUT2D eigenvalue weighted by Gasteiger charge is 2.17. The lowest BCUT2D eigenvalue weighted by molar-refractivity contribution is 0.724. The monoisotopic (exact) mass is 291 g/mol. The normalized spacial score (nSPS) is 16.6. The molecule has 0 spiro atoms. The lowest BCUT2D eigenvalue weighted by Gasteiger charge is -2.20. The van der Waals surface area contributed by atoms with Crippen molar-refractivity contribution in [3.05, 3.63) is 10.4 Å². The van der Waals surface area contributed by atoms with Crippen LogP contribution in [0.3, 0.4) is 0 Å². The molecule has 0 bridgehead atoms. The lowest BCUT2D eigenvalue weighted by Crippen LogP contribution is -2.29. The number of thiophene rings is 1. The van der Waals surface area contributed by atoms with E-state index in [9.17, 15) is 0 Å². The molecule has 2 aromatic heterocycles. The van der Waals surface area contributed by atoms with Crippen LogP contribution >= 0.6 is 11.3 Å². The Balaban J connectivity index is 2.04. The fraction of sp³-hybridized carbons (Fsp3) is 0.571. The van der Waals surface area contributed by atoms with Gasteiger partial charge in [0.05, 0.1) is 5.39 Å². The van der Waals surface area contributed by atoms with Crippen LogP contribution < -0.4 is 16.0 Å². The Morgan fingerprint density at radius 2 is 2.15 bits per heavy atom. The van der Waals surface area contributed by atoms with Gasteiger partial charge in [0.25, 0.3) is 0 Å². The number of fused-ring (bicyclic) bond motifs is 1. The SMILES string of the molecule is CCc1sc2nc(N3CCCNCC3)nc(N)c2c1C. The third-order valence-electron chi connectivity index (χ3n) is 3.85. The molecule has 2 aromatic rings. The largest absolute Gasteiger partial charge is 0.383 e. The Bertz CT molecular complexity index is 614. The van der Waals surface area contributed by atoms with E-state index in [4.69, 9.17) is 10.7 Å². The molecule has 6 heteroatoms. The second kappa shape index (κ2) is 5.54. The molecule has 0 aliphatic carbocycles. The number of aromatic nitrogens is 2. The van der Waals surface area contributed by atoms with Crippen LogP contribution in [0.4, 0.5) is 11.8 Å². The van der Waals surface area contributed by atoms with E-state index in [1.165, 1.54) is 10.4 Å². The molecule has 5 nitrogen and oxygen atoms in total. The molecule has 0 atom stereocenters. The van der Waals surface area contributed by atoms with Gasteiger partial charge in [0.1, 0.15) is 10.6 Å². The first-order valence-corrected chi connectivity index (χ1v) is 8.03. The van der Waals surface area contributed by atoms with Crippen LogP contribution in [0.1, 0.15) is 23.8 Å². The Kier molecular flexibility index (Phi) is 3.76. The average molecular weight is 291 g/mol. The molecule has 3 heterocycles. The molecule has 3 N–H and O–H groups in total. The number of anilines is 2. The number of hydrogen-bond donors (Lipinski definition) is 2. The molecule has 0 amide bonds. The zero-order valence-corrected chi connectivity index (χ0v) is 12.9. The van der Waals surface area contributed by atoms with Gasteiger partial charge < -0.3 is 16.0 Å². The second-order valence-corrected chi connectivity index (χ2v) is 6.27. The summed E-state index contributed by atoms with van der Waals surface area (Å²) in [6.45, 7) is 8.26. The minimum absolute atomic E-state index is 0.621. The number of rotatable bonds is 2. The van der Waals surface area contributed by atoms with Gasteiger partial charge in [-0.05, 0) is 31.9 Å². The van der Waals surface area contributed by atoms with E-state index in [0.717, 1.165) is 55.2 Å². The Morgan fingerprint density at radius 1 is 1.30 bits per heavy atom. The Labute approximate surface area is 123 Å². The van der Waals surface area contributed by atoms with Gasteiger partial charge in [0.2, 0.25) is 5.95 Å². The predicted molar refractivity (Wildman–Crippen MR) is 85.6 cm³/mol. The van der Waals surface area contributed by atoms with Crippen LogP contribution in [0.5, 0.6) is 0 Å². The average Bonchev–Trinajstić information content (AvgIpc) is 2.64. The van der Waals surface area contributed by atoms with Crippen molar-refractivity contribution < 1.29 is 0 Å². The first kappa shape index (κ1) is 13.6. The molecular formula is C14H21N5S. The molecule has 1 aliphatic rings. The van der Waals surface area contributed by atoms with Crippen LogP contribution in [-0.2, 0) is 6.42 Å². The summed E-state index contributed by atoms with van der Waals surface area (Å²) >= 11 is 1.75. The Morgan fingerprint density at radius 3 is 2.95 bits per heavy atom. The molecule has 0 radical (unpaired) electrons. The number of hydrogen-bond acceptors (Lipinski definition) is 6. The van der Waals surface area contributed by atoms with Crippen LogP contribution in [0, 0.1) is 6.92 Å². The van der Waals surface area contributed by atoms with E-state index in [1.807, 2.05) is 0 Å². The first-order chi connectivity index (χ1) is 9.70. The maximum atomic E-state index is 6.18. The molecule has 0 unspecified atom stereocenters. The third kappa shape index (κ3) is 2.33. The van der Waals surface area contributed by atoms with E-state index >= 15 is 0 Å². The van der Waals surface area contributed by atoms with Crippen LogP contribution in [0.15, 0.2) is 0 Å². The van der Waals surface area contributed by atoms with Crippen molar-refractivity contribution in [2.24, 2.45) is 0 Å². The van der Waals surface area contributed by atoms with Gasteiger partial charge in [-0.3, -0.25) is 0 Å². The maximum Gasteiger partial charge on any atom is 0.228 e. The molecule has 108 valence electrons. The summed E-state index contributed by atoms with van der Waals surface area (Å²) in [7, 11) is 0. The zero-order chi connectivity index (χ0) is 14.1. The van der Waals surface area contributed by atoms with Gasteiger partial charge in [0, 0.05) is 24.5 Å². The van der Waals surface area contributed by atoms with Crippen molar-refractivity contribution in [3.8, 4) is 0 Å². The van der Waals surface area contributed by atoms with E-state index in [2.05, 4.69) is 29.0 Å². The van der Waals surface area contributed by atoms with Gasteiger partial charge in [-0.2, -0.15) is 4.98 Å². The molecule has 0 aromatic carbocycles. The van der Waals surface area contributed by atoms with E-state index in [1.54, 1.807) is 11.3 Å². The van der Waals surface area contributed by atoms with Crippen molar-refractivity contribution in [2.75, 3.05) is 36.8 Å². The fourth-order valence-corrected chi connectivity index (χ4v) is 3.85. The van der Waals surface area contributed by atoms with Crippen molar-refractivity contribution in [1.29, 1.82) is 0 Å². The van der Waals surface area contributed by atoms with Crippen molar-refractivity contribution in [2.45, 2.75) is 26.7 Å². The van der Waals surface area contributed by atoms with Gasteiger partial charge in [0.15, 0.2) is 0 Å². The first-order valence-electron chi connectivity index (χ1n) is 7.22. The van der Waals surface area contributed by atoms with Gasteiger partial charge in [-0.25, -0.2) is 4.98 Å². The zero-order valence-electron chi connectivity index (χ0n) is 12.1. The summed E-state index contributed by atoms with van der Waals surface area (Å²) in [6.07, 6.45) is 2.14. The highest BCUT2D eigenvalue weighted by atomic mass is 32.1. The number of nitrogens with two attached hydrogens (primary N) is 1. The predicted octanol–water partition coefficient (Wildman–Crippen LogP) is 1.94. The quantitative estimate of drug-likeness (QED) is 0.885. The van der Waals surface area contributed by atoms with Gasteiger partial charge >= 0.3 is 0 Å². The molecule has 1 saturated heterocycles. The summed E-state index contributed by atoms with van der Waals surface area (Å²) in [5.74, 6) is 1.40. The molecule has 1 aliphatic heterocycles. The summed E-state index contributed by atoms with van der Waals surface area (Å²) in [4.78, 5) is 13.9. The minimum atomic E-state index is 0.621. The highest BCUT2D eigenvalue weighted by Crippen LogP contribution is 2.34. The number of nitrogen functional groups attached to an aromatic ring is 1. The van der Waals surface area contributed by atoms with Crippen molar-refractivity contribution in [3.63, 3.8) is 0 Å². The van der Waals surface area contributed by atoms with E-state index in [-0.39, 0.29) is 0 Å². The van der Waals surface area contributed by atoms with Crippen LogP contribution in [0.2, 0.25) is 0 Å². The van der Waals surface area contributed by atoms with Crippen LogP contribution in [-0.4, -0.2) is 36.1 Å². The maximum absolute atomic E-state index is 6.18. The standard InChI is InChI=1S/C14H21N5S/c1-3-10-9(2)11-12(15)17-14(18-13(11)20-10)19-7-4-5-16-6-8-19/h16H,3-8H2,1-2H3,(H2,15,17,18). The number of nitrogens with zero attached hydrogens (tertiary/aromatic N) is 3. The van der Waals surface area contributed by atoms with Crippen LogP contribution in [0.25, 0.3) is 10.2 Å². The molecule has 1 fully saturated rings. The number of aryl methyl sites for hydroxylation is 2. The minimum Gasteiger partial charge on any atom is -0.383 e. The van der Waals surface area contributed by atoms with Gasteiger partial charge in [-0.1, -0.05) is 6.92 Å². The third-order valence-corrected chi connectivity index (χ3v) is 5.18. The Hall–Kier alpha value is -1.40. The van der Waals surface area contributed by atoms with E-state index in [0.29, 0.717) is 5.82 Å². The topological polar surface area (TPSA) is 67.1 Å². The van der Waals surface area contributed by atoms with E-state index < -0.39 is 0 Å². The smallest absolute Gasteiger partial charge is 0.228 e. The summed E-state index contributed by atoms with van der Waals surface area (Å²) in [6, 6.07) is 0. The molecule has 3 rings (SSSR count). The molecule has 20 heavy (non-hydrogen) atoms. The van der Waals surface area contributed by atoms with Crippen molar-refractivity contribution in [1.82, 2.24) is 15.3 Å².